The van der Waals surface area contributed by atoms with Crippen LogP contribution in [-0.2, 0) is 0 Å². The summed E-state index contributed by atoms with van der Waals surface area (Å²) in [4.78, 5) is 4.38. The van der Waals surface area contributed by atoms with Crippen molar-refractivity contribution >= 4 is 17.5 Å². The normalized spacial score (nSPS) is 18.1. The quantitative estimate of drug-likeness (QED) is 0.695. The van der Waals surface area contributed by atoms with Gasteiger partial charge in [0.1, 0.15) is 12.1 Å². The zero-order chi connectivity index (χ0) is 19.7. The molecule has 1 aromatic heterocycles. The molecule has 0 radical (unpaired) electrons. The molecule has 0 amide bonds. The number of hydrogen-bond donors (Lipinski definition) is 1. The number of halogens is 1. The lowest BCUT2D eigenvalue weighted by molar-refractivity contribution is 0.341. The summed E-state index contributed by atoms with van der Waals surface area (Å²) >= 11 is 6.05. The van der Waals surface area contributed by atoms with Gasteiger partial charge in [0.2, 0.25) is 5.95 Å². The van der Waals surface area contributed by atoms with E-state index in [-0.39, 0.29) is 12.1 Å². The monoisotopic (exact) mass is 400 g/mol. The highest BCUT2D eigenvalue weighted by molar-refractivity contribution is 6.30. The Labute approximate surface area is 168 Å². The zero-order valence-corrected chi connectivity index (χ0v) is 16.6. The van der Waals surface area contributed by atoms with Crippen molar-refractivity contribution < 1.29 is 14.2 Å². The van der Waals surface area contributed by atoms with Crippen LogP contribution in [0.1, 0.15) is 29.6 Å². The van der Waals surface area contributed by atoms with Gasteiger partial charge in [-0.15, -0.1) is 0 Å². The Kier molecular flexibility index (Phi) is 5.00. The van der Waals surface area contributed by atoms with Gasteiger partial charge in [-0.3, -0.25) is 0 Å². The molecule has 2 heterocycles. The highest BCUT2D eigenvalue weighted by Crippen LogP contribution is 2.44. The van der Waals surface area contributed by atoms with Crippen LogP contribution in [0.4, 0.5) is 5.95 Å². The lowest BCUT2D eigenvalue weighted by Gasteiger charge is -2.32. The first-order valence-electron chi connectivity index (χ1n) is 8.86. The van der Waals surface area contributed by atoms with E-state index in [0.29, 0.717) is 28.2 Å². The predicted octanol–water partition coefficient (Wildman–Crippen LogP) is 4.10. The molecule has 0 saturated heterocycles. The van der Waals surface area contributed by atoms with Crippen molar-refractivity contribution in [2.45, 2.75) is 18.5 Å². The van der Waals surface area contributed by atoms with Gasteiger partial charge in [-0.1, -0.05) is 23.7 Å². The highest BCUT2D eigenvalue weighted by Gasteiger charge is 2.32. The molecule has 1 aliphatic heterocycles. The van der Waals surface area contributed by atoms with Crippen LogP contribution in [0.15, 0.2) is 42.7 Å². The van der Waals surface area contributed by atoms with E-state index in [1.807, 2.05) is 41.1 Å². The standard InChI is InChI=1S/C20H21ClN4O3/c1-26-17-10-19(28-3)18(27-2)8-14(17)16-9-15(12-4-6-13(21)7-5-12)24-20-22-11-23-25(16)20/h4-8,10-11,15-16H,9H2,1-3H3,(H,22,23,24). The third-order valence-electron chi connectivity index (χ3n) is 5.00. The lowest BCUT2D eigenvalue weighted by Crippen LogP contribution is -2.28. The number of nitrogens with one attached hydrogen (secondary N) is 1. The largest absolute Gasteiger partial charge is 0.496 e. The summed E-state index contributed by atoms with van der Waals surface area (Å²) in [5.74, 6) is 2.67. The summed E-state index contributed by atoms with van der Waals surface area (Å²) in [5.41, 5.74) is 2.08. The van der Waals surface area contributed by atoms with Gasteiger partial charge in [0, 0.05) is 16.7 Å². The molecule has 2 aromatic carbocycles. The minimum absolute atomic E-state index is 0.0526. The number of benzene rings is 2. The molecule has 146 valence electrons. The first-order valence-corrected chi connectivity index (χ1v) is 9.23. The maximum Gasteiger partial charge on any atom is 0.222 e. The number of ether oxygens (including phenoxy) is 3. The minimum atomic E-state index is -0.0887. The molecule has 0 saturated carbocycles. The van der Waals surface area contributed by atoms with Gasteiger partial charge in [-0.2, -0.15) is 10.1 Å². The number of methoxy groups -OCH3 is 3. The fraction of sp³-hybridized carbons (Fsp3) is 0.300. The van der Waals surface area contributed by atoms with Gasteiger partial charge in [0.25, 0.3) is 0 Å². The van der Waals surface area contributed by atoms with Crippen LogP contribution in [0.5, 0.6) is 17.2 Å². The van der Waals surface area contributed by atoms with Crippen LogP contribution in [-0.4, -0.2) is 36.1 Å². The number of fused-ring (bicyclic) bond motifs is 1. The second-order valence-electron chi connectivity index (χ2n) is 6.48. The second-order valence-corrected chi connectivity index (χ2v) is 6.91. The zero-order valence-electron chi connectivity index (χ0n) is 15.8. The number of rotatable bonds is 5. The van der Waals surface area contributed by atoms with Crippen molar-refractivity contribution in [1.29, 1.82) is 0 Å². The molecular weight excluding hydrogens is 380 g/mol. The first kappa shape index (κ1) is 18.4. The first-order chi connectivity index (χ1) is 13.6. The van der Waals surface area contributed by atoms with Crippen LogP contribution in [0.3, 0.4) is 0 Å². The second kappa shape index (κ2) is 7.59. The van der Waals surface area contributed by atoms with Crippen LogP contribution in [0, 0.1) is 0 Å². The van der Waals surface area contributed by atoms with E-state index >= 15 is 0 Å². The van der Waals surface area contributed by atoms with Crippen molar-refractivity contribution in [3.8, 4) is 17.2 Å². The van der Waals surface area contributed by atoms with Crippen LogP contribution in [0.2, 0.25) is 5.02 Å². The SMILES string of the molecule is COc1cc(OC)c(C2CC(c3ccc(Cl)cc3)Nc3ncnn32)cc1OC. The molecule has 0 spiro atoms. The molecular formula is C20H21ClN4O3. The molecule has 0 bridgehead atoms. The molecule has 0 fully saturated rings. The third-order valence-corrected chi connectivity index (χ3v) is 5.25. The van der Waals surface area contributed by atoms with Crippen molar-refractivity contribution in [3.05, 3.63) is 58.9 Å². The molecule has 1 aliphatic rings. The van der Waals surface area contributed by atoms with E-state index in [1.54, 1.807) is 27.7 Å². The van der Waals surface area contributed by atoms with Gasteiger partial charge in [0.15, 0.2) is 11.5 Å². The number of nitrogens with zero attached hydrogens (tertiary/aromatic N) is 3. The Morgan fingerprint density at radius 1 is 1.00 bits per heavy atom. The van der Waals surface area contributed by atoms with E-state index in [4.69, 9.17) is 25.8 Å². The summed E-state index contributed by atoms with van der Waals surface area (Å²) in [7, 11) is 4.87. The highest BCUT2D eigenvalue weighted by atomic mass is 35.5. The van der Waals surface area contributed by atoms with Crippen LogP contribution in [0.25, 0.3) is 0 Å². The van der Waals surface area contributed by atoms with Crippen molar-refractivity contribution in [2.75, 3.05) is 26.6 Å². The van der Waals surface area contributed by atoms with Gasteiger partial charge in [-0.25, -0.2) is 4.68 Å². The molecule has 1 N–H and O–H groups in total. The van der Waals surface area contributed by atoms with Crippen molar-refractivity contribution in [2.24, 2.45) is 0 Å². The predicted molar refractivity (Wildman–Crippen MR) is 107 cm³/mol. The molecule has 2 atom stereocenters. The molecule has 7 nitrogen and oxygen atoms in total. The Bertz CT molecular complexity index is 974. The average Bonchev–Trinajstić information content (AvgIpc) is 3.21. The van der Waals surface area contributed by atoms with Crippen LogP contribution < -0.4 is 19.5 Å². The molecule has 8 heteroatoms. The Hall–Kier alpha value is -2.93. The minimum Gasteiger partial charge on any atom is -0.496 e. The summed E-state index contributed by atoms with van der Waals surface area (Å²) in [6.45, 7) is 0. The summed E-state index contributed by atoms with van der Waals surface area (Å²) in [6, 6.07) is 11.6. The van der Waals surface area contributed by atoms with E-state index < -0.39 is 0 Å². The van der Waals surface area contributed by atoms with Gasteiger partial charge in [-0.05, 0) is 30.2 Å². The molecule has 2 unspecified atom stereocenters. The van der Waals surface area contributed by atoms with Gasteiger partial charge >= 0.3 is 0 Å². The Balaban J connectivity index is 1.79. The van der Waals surface area contributed by atoms with Crippen LogP contribution >= 0.6 is 11.6 Å². The molecule has 0 aliphatic carbocycles. The number of anilines is 1. The lowest BCUT2D eigenvalue weighted by atomic mass is 9.92. The molecule has 4 rings (SSSR count). The number of hydrogen-bond acceptors (Lipinski definition) is 6. The van der Waals surface area contributed by atoms with E-state index in [1.165, 1.54) is 0 Å². The van der Waals surface area contributed by atoms with Crippen molar-refractivity contribution in [3.63, 3.8) is 0 Å². The van der Waals surface area contributed by atoms with Crippen molar-refractivity contribution in [1.82, 2.24) is 14.8 Å². The Morgan fingerprint density at radius 3 is 2.36 bits per heavy atom. The summed E-state index contributed by atoms with van der Waals surface area (Å²) < 4.78 is 18.4. The summed E-state index contributed by atoms with van der Waals surface area (Å²) in [5, 5.41) is 8.58. The number of aromatic nitrogens is 3. The summed E-state index contributed by atoms with van der Waals surface area (Å²) in [6.07, 6.45) is 2.30. The maximum absolute atomic E-state index is 6.05. The van der Waals surface area contributed by atoms with E-state index in [2.05, 4.69) is 15.4 Å². The maximum atomic E-state index is 6.05. The topological polar surface area (TPSA) is 70.4 Å². The molecule has 28 heavy (non-hydrogen) atoms. The van der Waals surface area contributed by atoms with Gasteiger partial charge < -0.3 is 19.5 Å². The Morgan fingerprint density at radius 2 is 1.68 bits per heavy atom. The van der Waals surface area contributed by atoms with E-state index in [9.17, 15) is 0 Å². The third kappa shape index (κ3) is 3.22. The fourth-order valence-electron chi connectivity index (χ4n) is 3.61. The average molecular weight is 401 g/mol. The van der Waals surface area contributed by atoms with Gasteiger partial charge in [0.05, 0.1) is 33.4 Å². The van der Waals surface area contributed by atoms with E-state index in [0.717, 1.165) is 17.5 Å². The fourth-order valence-corrected chi connectivity index (χ4v) is 3.73. The molecule has 3 aromatic rings. The smallest absolute Gasteiger partial charge is 0.222 e.